The number of halogens is 2. The predicted octanol–water partition coefficient (Wildman–Crippen LogP) is 4.74. The SMILES string of the molecule is COc1cc2c(C(C)C(=O)O)c(C)n(C(=O)c3ccc(Br)cc3)c2cc1F. The van der Waals surface area contributed by atoms with Gasteiger partial charge in [0.15, 0.2) is 11.6 Å². The van der Waals surface area contributed by atoms with Gasteiger partial charge in [-0.3, -0.25) is 14.2 Å². The lowest BCUT2D eigenvalue weighted by atomic mass is 9.98. The molecular weight excluding hydrogens is 417 g/mol. The van der Waals surface area contributed by atoms with Gasteiger partial charge in [0.25, 0.3) is 5.91 Å². The van der Waals surface area contributed by atoms with E-state index in [4.69, 9.17) is 4.74 Å². The van der Waals surface area contributed by atoms with Gasteiger partial charge in [0.05, 0.1) is 18.5 Å². The van der Waals surface area contributed by atoms with Crippen LogP contribution in [0.25, 0.3) is 10.9 Å². The number of aromatic nitrogens is 1. The number of hydrogen-bond acceptors (Lipinski definition) is 3. The minimum Gasteiger partial charge on any atom is -0.494 e. The Morgan fingerprint density at radius 2 is 1.85 bits per heavy atom. The Morgan fingerprint density at radius 3 is 2.41 bits per heavy atom. The molecule has 3 aromatic rings. The summed E-state index contributed by atoms with van der Waals surface area (Å²) in [6, 6.07) is 9.42. The van der Waals surface area contributed by atoms with Crippen LogP contribution < -0.4 is 4.74 Å². The molecule has 1 atom stereocenters. The number of aliphatic carboxylic acids is 1. The third kappa shape index (κ3) is 3.23. The zero-order valence-electron chi connectivity index (χ0n) is 14.9. The van der Waals surface area contributed by atoms with Crippen LogP contribution in [0.1, 0.15) is 34.5 Å². The highest BCUT2D eigenvalue weighted by Gasteiger charge is 2.27. The average molecular weight is 434 g/mol. The molecule has 7 heteroatoms. The number of rotatable bonds is 4. The standard InChI is InChI=1S/C20H17BrFNO4/c1-10(20(25)26)18-11(2)23(19(24)12-4-6-13(21)7-5-12)16-9-15(22)17(27-3)8-14(16)18/h4-10H,1-3H3,(H,25,26). The number of carbonyl (C=O) groups is 2. The quantitative estimate of drug-likeness (QED) is 0.645. The molecule has 0 saturated heterocycles. The molecule has 5 nitrogen and oxygen atoms in total. The van der Waals surface area contributed by atoms with Gasteiger partial charge in [-0.05, 0) is 49.7 Å². The maximum atomic E-state index is 14.3. The van der Waals surface area contributed by atoms with Gasteiger partial charge in [-0.2, -0.15) is 0 Å². The van der Waals surface area contributed by atoms with E-state index < -0.39 is 17.7 Å². The molecule has 0 bridgehead atoms. The van der Waals surface area contributed by atoms with Crippen molar-refractivity contribution in [3.63, 3.8) is 0 Å². The summed E-state index contributed by atoms with van der Waals surface area (Å²) in [5.74, 6) is -2.90. The number of fused-ring (bicyclic) bond motifs is 1. The maximum absolute atomic E-state index is 14.3. The molecule has 0 spiro atoms. The number of carboxylic acid groups (broad SMARTS) is 1. The smallest absolute Gasteiger partial charge is 0.310 e. The first-order valence-electron chi connectivity index (χ1n) is 8.17. The van der Waals surface area contributed by atoms with E-state index in [-0.39, 0.29) is 11.7 Å². The molecule has 1 N–H and O–H groups in total. The Balaban J connectivity index is 2.33. The van der Waals surface area contributed by atoms with Crippen molar-refractivity contribution in [2.24, 2.45) is 0 Å². The predicted molar refractivity (Wildman–Crippen MR) is 103 cm³/mol. The average Bonchev–Trinajstić information content (AvgIpc) is 2.91. The molecule has 2 aromatic carbocycles. The first kappa shape index (κ1) is 19.1. The third-order valence-electron chi connectivity index (χ3n) is 4.62. The highest BCUT2D eigenvalue weighted by Crippen LogP contribution is 2.36. The summed E-state index contributed by atoms with van der Waals surface area (Å²) in [6.45, 7) is 3.20. The molecular formula is C20H17BrFNO4. The first-order valence-corrected chi connectivity index (χ1v) is 8.97. The minimum atomic E-state index is -1.03. The Morgan fingerprint density at radius 1 is 1.22 bits per heavy atom. The summed E-state index contributed by atoms with van der Waals surface area (Å²) >= 11 is 3.32. The van der Waals surface area contributed by atoms with Crippen LogP contribution in [0.2, 0.25) is 0 Å². The van der Waals surface area contributed by atoms with Crippen molar-refractivity contribution in [3.05, 3.63) is 63.5 Å². The number of methoxy groups -OCH3 is 1. The number of hydrogen-bond donors (Lipinski definition) is 1. The number of carboxylic acids is 1. The molecule has 1 heterocycles. The second kappa shape index (κ2) is 7.15. The molecule has 0 aliphatic carbocycles. The highest BCUT2D eigenvalue weighted by molar-refractivity contribution is 9.10. The van der Waals surface area contributed by atoms with E-state index in [1.165, 1.54) is 30.7 Å². The Hall–Kier alpha value is -2.67. The molecule has 0 saturated carbocycles. The van der Waals surface area contributed by atoms with Crippen molar-refractivity contribution < 1.29 is 23.8 Å². The van der Waals surface area contributed by atoms with Crippen molar-refractivity contribution >= 4 is 38.7 Å². The molecule has 0 radical (unpaired) electrons. The Kier molecular flexibility index (Phi) is 5.06. The van der Waals surface area contributed by atoms with E-state index in [0.717, 1.165) is 4.47 Å². The summed E-state index contributed by atoms with van der Waals surface area (Å²) in [6.07, 6.45) is 0. The maximum Gasteiger partial charge on any atom is 0.310 e. The van der Waals surface area contributed by atoms with Crippen LogP contribution in [-0.2, 0) is 4.79 Å². The van der Waals surface area contributed by atoms with Crippen LogP contribution in [0.4, 0.5) is 4.39 Å². The minimum absolute atomic E-state index is 0.00502. The Bertz CT molecular complexity index is 1060. The van der Waals surface area contributed by atoms with Crippen LogP contribution in [-0.4, -0.2) is 28.7 Å². The normalized spacial score (nSPS) is 12.2. The molecule has 0 aliphatic heterocycles. The Labute approximate surface area is 163 Å². The van der Waals surface area contributed by atoms with Gasteiger partial charge in [0.2, 0.25) is 0 Å². The lowest BCUT2D eigenvalue weighted by molar-refractivity contribution is -0.138. The van der Waals surface area contributed by atoms with Crippen LogP contribution in [0, 0.1) is 12.7 Å². The second-order valence-electron chi connectivity index (χ2n) is 6.21. The topological polar surface area (TPSA) is 68.5 Å². The lowest BCUT2D eigenvalue weighted by Gasteiger charge is -2.09. The molecule has 3 rings (SSSR count). The van der Waals surface area contributed by atoms with Gasteiger partial charge in [-0.15, -0.1) is 0 Å². The van der Waals surface area contributed by atoms with Crippen LogP contribution in [0.15, 0.2) is 40.9 Å². The zero-order chi connectivity index (χ0) is 19.9. The summed E-state index contributed by atoms with van der Waals surface area (Å²) in [7, 11) is 1.33. The van der Waals surface area contributed by atoms with Crippen molar-refractivity contribution in [1.82, 2.24) is 4.57 Å². The van der Waals surface area contributed by atoms with Crippen molar-refractivity contribution in [3.8, 4) is 5.75 Å². The summed E-state index contributed by atoms with van der Waals surface area (Å²) in [5, 5.41) is 9.97. The van der Waals surface area contributed by atoms with Gasteiger partial charge >= 0.3 is 5.97 Å². The van der Waals surface area contributed by atoms with E-state index >= 15 is 0 Å². The van der Waals surface area contributed by atoms with Gasteiger partial charge in [-0.25, -0.2) is 4.39 Å². The molecule has 1 unspecified atom stereocenters. The van der Waals surface area contributed by atoms with Crippen LogP contribution in [0.5, 0.6) is 5.75 Å². The molecule has 0 fully saturated rings. The second-order valence-corrected chi connectivity index (χ2v) is 7.13. The van der Waals surface area contributed by atoms with Crippen LogP contribution >= 0.6 is 15.9 Å². The molecule has 0 amide bonds. The van der Waals surface area contributed by atoms with Crippen LogP contribution in [0.3, 0.4) is 0 Å². The number of carbonyl (C=O) groups excluding carboxylic acids is 1. The zero-order valence-corrected chi connectivity index (χ0v) is 16.5. The molecule has 1 aromatic heterocycles. The fourth-order valence-corrected chi connectivity index (χ4v) is 3.51. The number of benzene rings is 2. The van der Waals surface area contributed by atoms with E-state index in [0.29, 0.717) is 27.7 Å². The molecule has 27 heavy (non-hydrogen) atoms. The van der Waals surface area contributed by atoms with Crippen molar-refractivity contribution in [2.45, 2.75) is 19.8 Å². The van der Waals surface area contributed by atoms with Gasteiger partial charge in [0.1, 0.15) is 0 Å². The van der Waals surface area contributed by atoms with E-state index in [2.05, 4.69) is 15.9 Å². The first-order chi connectivity index (χ1) is 12.8. The fourth-order valence-electron chi connectivity index (χ4n) is 3.25. The fraction of sp³-hybridized carbons (Fsp3) is 0.200. The van der Waals surface area contributed by atoms with E-state index in [1.54, 1.807) is 31.2 Å². The number of ether oxygens (including phenoxy) is 1. The van der Waals surface area contributed by atoms with Gasteiger partial charge in [-0.1, -0.05) is 15.9 Å². The van der Waals surface area contributed by atoms with Crippen molar-refractivity contribution in [1.29, 1.82) is 0 Å². The third-order valence-corrected chi connectivity index (χ3v) is 5.15. The van der Waals surface area contributed by atoms with Gasteiger partial charge in [0, 0.05) is 27.2 Å². The summed E-state index contributed by atoms with van der Waals surface area (Å²) in [4.78, 5) is 24.7. The van der Waals surface area contributed by atoms with E-state index in [1.807, 2.05) is 0 Å². The van der Waals surface area contributed by atoms with Crippen molar-refractivity contribution in [2.75, 3.05) is 7.11 Å². The van der Waals surface area contributed by atoms with E-state index in [9.17, 15) is 19.1 Å². The lowest BCUT2D eigenvalue weighted by Crippen LogP contribution is -2.15. The molecule has 0 aliphatic rings. The summed E-state index contributed by atoms with van der Waals surface area (Å²) in [5.41, 5.74) is 1.63. The largest absolute Gasteiger partial charge is 0.494 e. The number of nitrogens with zero attached hydrogens (tertiary/aromatic N) is 1. The highest BCUT2D eigenvalue weighted by atomic mass is 79.9. The molecule has 140 valence electrons. The monoisotopic (exact) mass is 433 g/mol. The van der Waals surface area contributed by atoms with Gasteiger partial charge < -0.3 is 9.84 Å². The summed E-state index contributed by atoms with van der Waals surface area (Å²) < 4.78 is 21.6.